The van der Waals surface area contributed by atoms with E-state index in [1.807, 2.05) is 0 Å². The van der Waals surface area contributed by atoms with Crippen LogP contribution >= 0.6 is 0 Å². The first-order valence-electron chi connectivity index (χ1n) is 10.8. The maximum atomic E-state index is 11.9. The predicted molar refractivity (Wildman–Crippen MR) is 119 cm³/mol. The zero-order valence-electron chi connectivity index (χ0n) is 20.3. The van der Waals surface area contributed by atoms with Gasteiger partial charge in [-0.3, -0.25) is 19.2 Å². The van der Waals surface area contributed by atoms with Gasteiger partial charge in [-0.1, -0.05) is 12.1 Å². The molecule has 1 aliphatic rings. The van der Waals surface area contributed by atoms with Crippen LogP contribution in [0.3, 0.4) is 0 Å². The van der Waals surface area contributed by atoms with E-state index in [4.69, 9.17) is 33.2 Å². The van der Waals surface area contributed by atoms with Crippen LogP contribution in [0.2, 0.25) is 0 Å². The Morgan fingerprint density at radius 3 is 2.03 bits per heavy atom. The average Bonchev–Trinajstić information content (AvgIpc) is 2.76. The minimum absolute atomic E-state index is 0.237. The summed E-state index contributed by atoms with van der Waals surface area (Å²) in [6.07, 6.45) is -4.08. The van der Waals surface area contributed by atoms with Gasteiger partial charge in [0.15, 0.2) is 23.7 Å². The molecule has 1 heterocycles. The van der Waals surface area contributed by atoms with Crippen molar-refractivity contribution >= 4 is 23.9 Å². The third kappa shape index (κ3) is 7.99. The number of ether oxygens (including phenoxy) is 7. The third-order valence-corrected chi connectivity index (χ3v) is 4.80. The molecule has 1 unspecified atom stereocenters. The number of rotatable bonds is 10. The van der Waals surface area contributed by atoms with E-state index in [2.05, 4.69) is 6.58 Å². The molecule has 0 aliphatic carbocycles. The average molecular weight is 494 g/mol. The molecule has 11 heteroatoms. The summed E-state index contributed by atoms with van der Waals surface area (Å²) in [5.41, 5.74) is 0.908. The number of carbonyl (C=O) groups excluding carboxylic acids is 4. The molecule has 35 heavy (non-hydrogen) atoms. The van der Waals surface area contributed by atoms with Gasteiger partial charge in [0.05, 0.1) is 7.11 Å². The van der Waals surface area contributed by atoms with Crippen LogP contribution in [0.25, 0.3) is 0 Å². The summed E-state index contributed by atoms with van der Waals surface area (Å²) >= 11 is 0. The quantitative estimate of drug-likeness (QED) is 0.268. The summed E-state index contributed by atoms with van der Waals surface area (Å²) < 4.78 is 38.5. The van der Waals surface area contributed by atoms with Crippen LogP contribution in [0.5, 0.6) is 11.5 Å². The monoisotopic (exact) mass is 494 g/mol. The van der Waals surface area contributed by atoms with Gasteiger partial charge < -0.3 is 33.2 Å². The molecular weight excluding hydrogens is 464 g/mol. The van der Waals surface area contributed by atoms with Crippen molar-refractivity contribution in [3.05, 3.63) is 36.4 Å². The Morgan fingerprint density at radius 1 is 0.886 bits per heavy atom. The van der Waals surface area contributed by atoms with Crippen molar-refractivity contribution in [2.45, 2.75) is 64.8 Å². The Morgan fingerprint density at radius 2 is 1.49 bits per heavy atom. The van der Waals surface area contributed by atoms with Crippen LogP contribution in [0.1, 0.15) is 33.3 Å². The molecule has 0 radical (unpaired) electrons. The number of hydrogen-bond donors (Lipinski definition) is 0. The van der Waals surface area contributed by atoms with Crippen molar-refractivity contribution in [3.63, 3.8) is 0 Å². The molecule has 1 saturated heterocycles. The smallest absolute Gasteiger partial charge is 0.303 e. The molecule has 2 rings (SSSR count). The first-order chi connectivity index (χ1) is 16.5. The summed E-state index contributed by atoms with van der Waals surface area (Å²) in [6.45, 7) is 7.99. The summed E-state index contributed by atoms with van der Waals surface area (Å²) in [7, 11) is 1.45. The Bertz CT molecular complexity index is 941. The van der Waals surface area contributed by atoms with Crippen molar-refractivity contribution in [3.8, 4) is 11.5 Å². The third-order valence-electron chi connectivity index (χ3n) is 4.80. The highest BCUT2D eigenvalue weighted by molar-refractivity contribution is 5.68. The topological polar surface area (TPSA) is 133 Å². The highest BCUT2D eigenvalue weighted by Crippen LogP contribution is 2.35. The van der Waals surface area contributed by atoms with Crippen LogP contribution in [0.4, 0.5) is 0 Å². The number of benzene rings is 1. The van der Waals surface area contributed by atoms with Crippen LogP contribution in [0.15, 0.2) is 30.9 Å². The van der Waals surface area contributed by atoms with E-state index in [1.54, 1.807) is 24.3 Å². The Labute approximate surface area is 203 Å². The standard InChI is InChI=1S/C24H30O11/c1-7-8-17-9-10-18(19(11-17)29-6)34-24-23(33-16(5)28)22(32-15(4)27)21(31-14(3)26)20(35-24)12-30-13(2)25/h7,9-11,20-24H,1,8,12H2,2-6H3/t20?,21-,22+,23-,24-/m1/s1. The van der Waals surface area contributed by atoms with Crippen molar-refractivity contribution in [1.82, 2.24) is 0 Å². The van der Waals surface area contributed by atoms with Crippen LogP contribution in [-0.2, 0) is 49.3 Å². The molecular formula is C24H30O11. The van der Waals surface area contributed by atoms with Gasteiger partial charge in [-0.05, 0) is 24.1 Å². The SMILES string of the molecule is C=CCc1ccc(O[C@@H]2OC(COC(C)=O)[C@@H](OC(C)=O)[C@H](OC(C)=O)[C@H]2OC(C)=O)c(OC)c1. The first-order valence-corrected chi connectivity index (χ1v) is 10.8. The van der Waals surface area contributed by atoms with E-state index < -0.39 is 54.6 Å². The summed E-state index contributed by atoms with van der Waals surface area (Å²) in [4.78, 5) is 47.1. The fraction of sp³-hybridized carbons (Fsp3) is 0.500. The second-order valence-electron chi connectivity index (χ2n) is 7.66. The zero-order chi connectivity index (χ0) is 26.1. The van der Waals surface area contributed by atoms with Crippen molar-refractivity contribution in [2.75, 3.05) is 13.7 Å². The minimum atomic E-state index is -1.35. The number of methoxy groups -OCH3 is 1. The Balaban J connectivity index is 2.50. The molecule has 1 aromatic rings. The van der Waals surface area contributed by atoms with E-state index in [0.29, 0.717) is 12.2 Å². The van der Waals surface area contributed by atoms with Gasteiger partial charge in [0.2, 0.25) is 12.4 Å². The van der Waals surface area contributed by atoms with E-state index >= 15 is 0 Å². The molecule has 5 atom stereocenters. The number of carbonyl (C=O) groups is 4. The summed E-state index contributed by atoms with van der Waals surface area (Å²) in [6, 6.07) is 5.15. The molecule has 0 amide bonds. The summed E-state index contributed by atoms with van der Waals surface area (Å²) in [5.74, 6) is -2.19. The lowest BCUT2D eigenvalue weighted by Crippen LogP contribution is -2.63. The van der Waals surface area contributed by atoms with Crippen LogP contribution < -0.4 is 9.47 Å². The highest BCUT2D eigenvalue weighted by atomic mass is 16.7. The fourth-order valence-electron chi connectivity index (χ4n) is 3.51. The largest absolute Gasteiger partial charge is 0.493 e. The molecule has 192 valence electrons. The van der Waals surface area contributed by atoms with Gasteiger partial charge >= 0.3 is 23.9 Å². The summed E-state index contributed by atoms with van der Waals surface area (Å²) in [5, 5.41) is 0. The number of hydrogen-bond acceptors (Lipinski definition) is 11. The van der Waals surface area contributed by atoms with Gasteiger partial charge in [0, 0.05) is 27.7 Å². The van der Waals surface area contributed by atoms with Crippen molar-refractivity contribution in [2.24, 2.45) is 0 Å². The van der Waals surface area contributed by atoms with E-state index in [1.165, 1.54) is 14.0 Å². The number of allylic oxidation sites excluding steroid dienone is 1. The molecule has 0 spiro atoms. The van der Waals surface area contributed by atoms with Crippen LogP contribution in [0, 0.1) is 0 Å². The maximum Gasteiger partial charge on any atom is 0.303 e. The molecule has 0 aromatic heterocycles. The molecule has 11 nitrogen and oxygen atoms in total. The number of esters is 4. The van der Waals surface area contributed by atoms with Crippen LogP contribution in [-0.4, -0.2) is 68.3 Å². The minimum Gasteiger partial charge on any atom is -0.493 e. The van der Waals surface area contributed by atoms with Crippen molar-refractivity contribution in [1.29, 1.82) is 0 Å². The fourth-order valence-corrected chi connectivity index (χ4v) is 3.51. The van der Waals surface area contributed by atoms with Gasteiger partial charge in [-0.2, -0.15) is 0 Å². The second-order valence-corrected chi connectivity index (χ2v) is 7.66. The normalized spacial score (nSPS) is 23.4. The van der Waals surface area contributed by atoms with Crippen molar-refractivity contribution < 1.29 is 52.3 Å². The molecule has 0 bridgehead atoms. The van der Waals surface area contributed by atoms with Gasteiger partial charge in [0.1, 0.15) is 12.7 Å². The predicted octanol–water partition coefficient (Wildman–Crippen LogP) is 1.89. The lowest BCUT2D eigenvalue weighted by Gasteiger charge is -2.44. The molecule has 1 aromatic carbocycles. The molecule has 0 saturated carbocycles. The lowest BCUT2D eigenvalue weighted by molar-refractivity contribution is -0.288. The Hall–Kier alpha value is -3.60. The lowest BCUT2D eigenvalue weighted by atomic mass is 9.98. The van der Waals surface area contributed by atoms with E-state index in [0.717, 1.165) is 26.3 Å². The molecule has 1 aliphatic heterocycles. The van der Waals surface area contributed by atoms with Gasteiger partial charge in [-0.15, -0.1) is 6.58 Å². The molecule has 1 fully saturated rings. The van der Waals surface area contributed by atoms with E-state index in [9.17, 15) is 19.2 Å². The first kappa shape index (κ1) is 27.6. The van der Waals surface area contributed by atoms with E-state index in [-0.39, 0.29) is 12.4 Å². The second kappa shape index (κ2) is 12.7. The zero-order valence-corrected chi connectivity index (χ0v) is 20.3. The molecule has 0 N–H and O–H groups in total. The van der Waals surface area contributed by atoms with Gasteiger partial charge in [0.25, 0.3) is 0 Å². The maximum absolute atomic E-state index is 11.9. The van der Waals surface area contributed by atoms with Gasteiger partial charge in [-0.25, -0.2) is 0 Å². The Kier molecular flexibility index (Phi) is 10.1. The highest BCUT2D eigenvalue weighted by Gasteiger charge is 2.53.